The first-order valence-electron chi connectivity index (χ1n) is 3.38. The standard InChI is InChI=1S/C7H6N4O/c1-2-6(12-3-1)4-8-7-9-5-10-11-7/h1-5H,(H,9,10,11). The maximum Gasteiger partial charge on any atom is 0.245 e. The first-order chi connectivity index (χ1) is 5.95. The van der Waals surface area contributed by atoms with Crippen molar-refractivity contribution in [3.8, 4) is 0 Å². The lowest BCUT2D eigenvalue weighted by molar-refractivity contribution is 0.560. The second-order valence-electron chi connectivity index (χ2n) is 2.08. The van der Waals surface area contributed by atoms with Gasteiger partial charge in [0.1, 0.15) is 12.1 Å². The van der Waals surface area contributed by atoms with Crippen LogP contribution in [0, 0.1) is 0 Å². The molecule has 2 rings (SSSR count). The Morgan fingerprint density at radius 3 is 3.25 bits per heavy atom. The maximum atomic E-state index is 5.02. The molecule has 0 aliphatic carbocycles. The molecule has 0 aliphatic rings. The molecule has 0 fully saturated rings. The average Bonchev–Trinajstić information content (AvgIpc) is 2.74. The van der Waals surface area contributed by atoms with E-state index in [1.54, 1.807) is 24.6 Å². The predicted octanol–water partition coefficient (Wildman–Crippen LogP) is 1.15. The van der Waals surface area contributed by atoms with E-state index in [1.807, 2.05) is 0 Å². The van der Waals surface area contributed by atoms with Crippen molar-refractivity contribution in [2.24, 2.45) is 4.99 Å². The third-order valence-electron chi connectivity index (χ3n) is 1.26. The van der Waals surface area contributed by atoms with E-state index in [0.717, 1.165) is 0 Å². The molecule has 0 saturated heterocycles. The van der Waals surface area contributed by atoms with E-state index in [9.17, 15) is 0 Å². The van der Waals surface area contributed by atoms with Crippen molar-refractivity contribution < 1.29 is 4.42 Å². The van der Waals surface area contributed by atoms with Gasteiger partial charge < -0.3 is 4.42 Å². The molecule has 0 bridgehead atoms. The summed E-state index contributed by atoms with van der Waals surface area (Å²) in [5.74, 6) is 1.15. The summed E-state index contributed by atoms with van der Waals surface area (Å²) in [5.41, 5.74) is 0. The van der Waals surface area contributed by atoms with Crippen LogP contribution in [0.4, 0.5) is 5.95 Å². The van der Waals surface area contributed by atoms with Gasteiger partial charge >= 0.3 is 0 Å². The molecule has 5 heteroatoms. The van der Waals surface area contributed by atoms with Crippen LogP contribution in [0.15, 0.2) is 34.1 Å². The molecule has 0 unspecified atom stereocenters. The number of H-pyrrole nitrogens is 1. The number of rotatable bonds is 2. The van der Waals surface area contributed by atoms with Gasteiger partial charge in [-0.2, -0.15) is 10.1 Å². The minimum atomic E-state index is 0.464. The van der Waals surface area contributed by atoms with Gasteiger partial charge in [-0.25, -0.2) is 10.1 Å². The van der Waals surface area contributed by atoms with E-state index in [-0.39, 0.29) is 0 Å². The van der Waals surface area contributed by atoms with Gasteiger partial charge in [0, 0.05) is 0 Å². The van der Waals surface area contributed by atoms with Crippen molar-refractivity contribution in [1.82, 2.24) is 15.2 Å². The summed E-state index contributed by atoms with van der Waals surface area (Å²) >= 11 is 0. The van der Waals surface area contributed by atoms with Crippen LogP contribution in [-0.4, -0.2) is 21.4 Å². The lowest BCUT2D eigenvalue weighted by atomic mass is 10.5. The zero-order valence-corrected chi connectivity index (χ0v) is 6.14. The molecule has 2 aromatic heterocycles. The van der Waals surface area contributed by atoms with Gasteiger partial charge in [-0.15, -0.1) is 0 Å². The SMILES string of the molecule is C(=Nc1ncn[nH]1)c1ccco1. The van der Waals surface area contributed by atoms with Crippen molar-refractivity contribution in [3.05, 3.63) is 30.5 Å². The molecule has 0 spiro atoms. The molecule has 1 N–H and O–H groups in total. The molecule has 60 valence electrons. The molecule has 2 heterocycles. The van der Waals surface area contributed by atoms with Gasteiger partial charge in [0.05, 0.1) is 12.5 Å². The third-order valence-corrected chi connectivity index (χ3v) is 1.26. The van der Waals surface area contributed by atoms with Crippen LogP contribution in [0.2, 0.25) is 0 Å². The summed E-state index contributed by atoms with van der Waals surface area (Å²) in [6.07, 6.45) is 4.55. The van der Waals surface area contributed by atoms with E-state index < -0.39 is 0 Å². The van der Waals surface area contributed by atoms with E-state index in [2.05, 4.69) is 20.2 Å². The van der Waals surface area contributed by atoms with E-state index >= 15 is 0 Å². The number of furan rings is 1. The van der Waals surface area contributed by atoms with Crippen molar-refractivity contribution in [3.63, 3.8) is 0 Å². The zero-order valence-electron chi connectivity index (χ0n) is 6.14. The fourth-order valence-electron chi connectivity index (χ4n) is 0.751. The quantitative estimate of drug-likeness (QED) is 0.673. The number of aliphatic imine (C=N–C) groups is 1. The molecular formula is C7H6N4O. The van der Waals surface area contributed by atoms with Crippen molar-refractivity contribution >= 4 is 12.2 Å². The monoisotopic (exact) mass is 162 g/mol. The highest BCUT2D eigenvalue weighted by atomic mass is 16.3. The lowest BCUT2D eigenvalue weighted by Crippen LogP contribution is -1.74. The normalized spacial score (nSPS) is 11.0. The number of hydrogen-bond donors (Lipinski definition) is 1. The van der Waals surface area contributed by atoms with Crippen LogP contribution < -0.4 is 0 Å². The Morgan fingerprint density at radius 2 is 2.58 bits per heavy atom. The van der Waals surface area contributed by atoms with E-state index in [1.165, 1.54) is 6.33 Å². The van der Waals surface area contributed by atoms with Crippen molar-refractivity contribution in [2.45, 2.75) is 0 Å². The summed E-state index contributed by atoms with van der Waals surface area (Å²) in [5, 5.41) is 6.24. The highest BCUT2D eigenvalue weighted by Crippen LogP contribution is 2.00. The maximum absolute atomic E-state index is 5.02. The fraction of sp³-hybridized carbons (Fsp3) is 0. The van der Waals surface area contributed by atoms with Gasteiger partial charge in [-0.1, -0.05) is 0 Å². The van der Waals surface area contributed by atoms with Gasteiger partial charge in [-0.3, -0.25) is 0 Å². The lowest BCUT2D eigenvalue weighted by Gasteiger charge is -1.81. The van der Waals surface area contributed by atoms with Gasteiger partial charge in [-0.05, 0) is 12.1 Å². The van der Waals surface area contributed by atoms with Crippen molar-refractivity contribution in [1.29, 1.82) is 0 Å². The number of nitrogens with one attached hydrogen (secondary N) is 1. The molecule has 0 atom stereocenters. The van der Waals surface area contributed by atoms with Crippen LogP contribution in [0.5, 0.6) is 0 Å². The Balaban J connectivity index is 2.14. The molecule has 0 aromatic carbocycles. The molecule has 0 aliphatic heterocycles. The molecule has 0 saturated carbocycles. The van der Waals surface area contributed by atoms with Gasteiger partial charge in [0.15, 0.2) is 0 Å². The minimum Gasteiger partial charge on any atom is -0.463 e. The summed E-state index contributed by atoms with van der Waals surface area (Å²) in [6.45, 7) is 0. The molecule has 12 heavy (non-hydrogen) atoms. The third kappa shape index (κ3) is 1.39. The first kappa shape index (κ1) is 6.78. The summed E-state index contributed by atoms with van der Waals surface area (Å²) in [6, 6.07) is 3.60. The molecule has 0 radical (unpaired) electrons. The zero-order chi connectivity index (χ0) is 8.23. The molecule has 2 aromatic rings. The first-order valence-corrected chi connectivity index (χ1v) is 3.38. The second-order valence-corrected chi connectivity index (χ2v) is 2.08. The van der Waals surface area contributed by atoms with Crippen LogP contribution in [-0.2, 0) is 0 Å². The predicted molar refractivity (Wildman–Crippen MR) is 42.3 cm³/mol. The molecule has 0 amide bonds. The Bertz CT molecular complexity index is 312. The Labute approximate surface area is 68.2 Å². The average molecular weight is 162 g/mol. The highest BCUT2D eigenvalue weighted by molar-refractivity contribution is 5.77. The van der Waals surface area contributed by atoms with Crippen LogP contribution in [0.25, 0.3) is 0 Å². The topological polar surface area (TPSA) is 67.1 Å². The second kappa shape index (κ2) is 3.00. The van der Waals surface area contributed by atoms with Crippen molar-refractivity contribution in [2.75, 3.05) is 0 Å². The number of hydrogen-bond acceptors (Lipinski definition) is 4. The smallest absolute Gasteiger partial charge is 0.245 e. The minimum absolute atomic E-state index is 0.464. The Hall–Kier alpha value is -1.91. The summed E-state index contributed by atoms with van der Waals surface area (Å²) in [7, 11) is 0. The van der Waals surface area contributed by atoms with Crippen LogP contribution in [0.1, 0.15) is 5.76 Å². The number of aromatic nitrogens is 3. The largest absolute Gasteiger partial charge is 0.463 e. The molecule has 5 nitrogen and oxygen atoms in total. The summed E-state index contributed by atoms with van der Waals surface area (Å²) in [4.78, 5) is 7.77. The number of nitrogens with zero attached hydrogens (tertiary/aromatic N) is 3. The van der Waals surface area contributed by atoms with E-state index in [4.69, 9.17) is 4.42 Å². The van der Waals surface area contributed by atoms with Crippen LogP contribution >= 0.6 is 0 Å². The molecular weight excluding hydrogens is 156 g/mol. The Morgan fingerprint density at radius 1 is 1.58 bits per heavy atom. The Kier molecular flexibility index (Phi) is 1.69. The van der Waals surface area contributed by atoms with Crippen LogP contribution in [0.3, 0.4) is 0 Å². The van der Waals surface area contributed by atoms with Gasteiger partial charge in [0.25, 0.3) is 0 Å². The fourth-order valence-corrected chi connectivity index (χ4v) is 0.751. The number of aromatic amines is 1. The van der Waals surface area contributed by atoms with E-state index in [0.29, 0.717) is 11.7 Å². The highest BCUT2D eigenvalue weighted by Gasteiger charge is 1.90. The summed E-state index contributed by atoms with van der Waals surface area (Å²) < 4.78 is 5.02. The van der Waals surface area contributed by atoms with Gasteiger partial charge in [0.2, 0.25) is 5.95 Å².